The minimum atomic E-state index is -0.862. The Bertz CT molecular complexity index is 726. The van der Waals surface area contributed by atoms with Crippen LogP contribution in [-0.4, -0.2) is 12.0 Å². The van der Waals surface area contributed by atoms with Crippen molar-refractivity contribution < 1.29 is 18.3 Å². The number of aryl methyl sites for hydroxylation is 2. The Morgan fingerprint density at radius 2 is 1.78 bits per heavy atom. The Morgan fingerprint density at radius 3 is 2.35 bits per heavy atom. The molecule has 0 aliphatic rings. The van der Waals surface area contributed by atoms with Crippen LogP contribution in [0.5, 0.6) is 5.75 Å². The molecule has 1 atom stereocenters. The van der Waals surface area contributed by atoms with Gasteiger partial charge in [-0.3, -0.25) is 4.79 Å². The fourth-order valence-corrected chi connectivity index (χ4v) is 2.17. The molecule has 0 aliphatic carbocycles. The molecule has 1 amide bonds. The molecule has 0 radical (unpaired) electrons. The summed E-state index contributed by atoms with van der Waals surface area (Å²) in [7, 11) is 0. The van der Waals surface area contributed by atoms with E-state index in [0.29, 0.717) is 16.8 Å². The summed E-state index contributed by atoms with van der Waals surface area (Å²) in [6.07, 6.45) is -0.862. The van der Waals surface area contributed by atoms with Crippen molar-refractivity contribution in [3.05, 3.63) is 58.1 Å². The Labute approximate surface area is 138 Å². The van der Waals surface area contributed by atoms with Gasteiger partial charge in [0, 0.05) is 11.1 Å². The van der Waals surface area contributed by atoms with Gasteiger partial charge in [0.1, 0.15) is 17.4 Å². The van der Waals surface area contributed by atoms with E-state index < -0.39 is 23.6 Å². The van der Waals surface area contributed by atoms with E-state index in [0.717, 1.165) is 23.3 Å². The maximum Gasteiger partial charge on any atom is 0.265 e. The van der Waals surface area contributed by atoms with Gasteiger partial charge in [-0.15, -0.1) is 0 Å². The number of anilines is 1. The van der Waals surface area contributed by atoms with E-state index in [-0.39, 0.29) is 5.69 Å². The van der Waals surface area contributed by atoms with Crippen molar-refractivity contribution in [2.75, 3.05) is 5.32 Å². The zero-order valence-electron chi connectivity index (χ0n) is 12.9. The number of ether oxygens (including phenoxy) is 1. The summed E-state index contributed by atoms with van der Waals surface area (Å²) in [6.45, 7) is 5.21. The van der Waals surface area contributed by atoms with E-state index >= 15 is 0 Å². The molecular formula is C17H16ClF2NO2. The molecule has 0 saturated heterocycles. The molecule has 23 heavy (non-hydrogen) atoms. The summed E-state index contributed by atoms with van der Waals surface area (Å²) in [5.41, 5.74) is 1.56. The zero-order chi connectivity index (χ0) is 17.1. The number of amides is 1. The SMILES string of the molecule is Cc1cc(O[C@@H](C)C(=O)Nc2ccc(F)cc2F)cc(C)c1Cl. The van der Waals surface area contributed by atoms with Crippen LogP contribution >= 0.6 is 11.6 Å². The first-order valence-electron chi connectivity index (χ1n) is 6.97. The first kappa shape index (κ1) is 17.2. The fraction of sp³-hybridized carbons (Fsp3) is 0.235. The van der Waals surface area contributed by atoms with Crippen LogP contribution < -0.4 is 10.1 Å². The van der Waals surface area contributed by atoms with Gasteiger partial charge in [0.15, 0.2) is 6.10 Å². The minimum Gasteiger partial charge on any atom is -0.481 e. The van der Waals surface area contributed by atoms with Crippen molar-refractivity contribution in [2.45, 2.75) is 26.9 Å². The van der Waals surface area contributed by atoms with Crippen LogP contribution in [0.25, 0.3) is 0 Å². The lowest BCUT2D eigenvalue weighted by molar-refractivity contribution is -0.122. The second kappa shape index (κ2) is 6.96. The number of halogens is 3. The number of benzene rings is 2. The van der Waals surface area contributed by atoms with Crippen molar-refractivity contribution in [1.82, 2.24) is 0 Å². The molecule has 0 aliphatic heterocycles. The highest BCUT2D eigenvalue weighted by Gasteiger charge is 2.17. The van der Waals surface area contributed by atoms with E-state index in [4.69, 9.17) is 16.3 Å². The Morgan fingerprint density at radius 1 is 1.17 bits per heavy atom. The van der Waals surface area contributed by atoms with Crippen molar-refractivity contribution in [2.24, 2.45) is 0 Å². The summed E-state index contributed by atoms with van der Waals surface area (Å²) in [5.74, 6) is -1.60. The predicted octanol–water partition coefficient (Wildman–Crippen LogP) is 4.64. The number of hydrogen-bond donors (Lipinski definition) is 1. The smallest absolute Gasteiger partial charge is 0.265 e. The van der Waals surface area contributed by atoms with E-state index in [1.165, 1.54) is 6.92 Å². The Balaban J connectivity index is 2.08. The normalized spacial score (nSPS) is 11.9. The van der Waals surface area contributed by atoms with Crippen molar-refractivity contribution in [3.8, 4) is 5.75 Å². The van der Waals surface area contributed by atoms with Crippen LogP contribution in [0.4, 0.5) is 14.5 Å². The van der Waals surface area contributed by atoms with Gasteiger partial charge in [-0.05, 0) is 56.2 Å². The maximum absolute atomic E-state index is 13.5. The van der Waals surface area contributed by atoms with Gasteiger partial charge in [0.25, 0.3) is 5.91 Å². The molecule has 0 bridgehead atoms. The summed E-state index contributed by atoms with van der Waals surface area (Å²) < 4.78 is 32.0. The molecule has 0 heterocycles. The van der Waals surface area contributed by atoms with Crippen molar-refractivity contribution in [3.63, 3.8) is 0 Å². The second-order valence-corrected chi connectivity index (χ2v) is 5.62. The van der Waals surface area contributed by atoms with Crippen LogP contribution in [0.3, 0.4) is 0 Å². The molecule has 6 heteroatoms. The topological polar surface area (TPSA) is 38.3 Å². The maximum atomic E-state index is 13.5. The second-order valence-electron chi connectivity index (χ2n) is 5.24. The molecule has 122 valence electrons. The van der Waals surface area contributed by atoms with E-state index in [9.17, 15) is 13.6 Å². The molecule has 0 saturated carbocycles. The third-order valence-corrected chi connectivity index (χ3v) is 3.88. The van der Waals surface area contributed by atoms with Crippen LogP contribution in [-0.2, 0) is 4.79 Å². The minimum absolute atomic E-state index is 0.102. The van der Waals surface area contributed by atoms with Crippen LogP contribution in [0.1, 0.15) is 18.1 Å². The lowest BCUT2D eigenvalue weighted by Gasteiger charge is -2.16. The summed E-state index contributed by atoms with van der Waals surface area (Å²) in [5, 5.41) is 3.01. The third kappa shape index (κ3) is 4.20. The number of carbonyl (C=O) groups excluding carboxylic acids is 1. The van der Waals surface area contributed by atoms with Gasteiger partial charge in [0.05, 0.1) is 5.69 Å². The molecule has 2 aromatic carbocycles. The Kier molecular flexibility index (Phi) is 5.21. The molecule has 0 fully saturated rings. The standard InChI is InChI=1S/C17H16ClF2NO2/c1-9-6-13(7-10(2)16(9)18)23-11(3)17(22)21-15-5-4-12(19)8-14(15)20/h4-8,11H,1-3H3,(H,21,22)/t11-/m0/s1. The third-order valence-electron chi connectivity index (χ3n) is 3.28. The highest BCUT2D eigenvalue weighted by atomic mass is 35.5. The van der Waals surface area contributed by atoms with Crippen LogP contribution in [0.15, 0.2) is 30.3 Å². The predicted molar refractivity (Wildman–Crippen MR) is 86.0 cm³/mol. The molecule has 2 rings (SSSR count). The van der Waals surface area contributed by atoms with Gasteiger partial charge in [0.2, 0.25) is 0 Å². The molecule has 0 spiro atoms. The fourth-order valence-electron chi connectivity index (χ4n) is 2.06. The quantitative estimate of drug-likeness (QED) is 0.881. The first-order chi connectivity index (χ1) is 10.8. The lowest BCUT2D eigenvalue weighted by atomic mass is 10.1. The zero-order valence-corrected chi connectivity index (χ0v) is 13.7. The average Bonchev–Trinajstić information content (AvgIpc) is 2.47. The Hall–Kier alpha value is -2.14. The lowest BCUT2D eigenvalue weighted by Crippen LogP contribution is -2.30. The van der Waals surface area contributed by atoms with Gasteiger partial charge in [-0.1, -0.05) is 11.6 Å². The van der Waals surface area contributed by atoms with Crippen LogP contribution in [0, 0.1) is 25.5 Å². The summed E-state index contributed by atoms with van der Waals surface area (Å²) in [4.78, 5) is 12.1. The highest BCUT2D eigenvalue weighted by molar-refractivity contribution is 6.32. The first-order valence-corrected chi connectivity index (χ1v) is 7.35. The molecule has 3 nitrogen and oxygen atoms in total. The van der Waals surface area contributed by atoms with Crippen LogP contribution in [0.2, 0.25) is 5.02 Å². The summed E-state index contributed by atoms with van der Waals surface area (Å²) >= 11 is 6.08. The molecule has 1 N–H and O–H groups in total. The van der Waals surface area contributed by atoms with Gasteiger partial charge >= 0.3 is 0 Å². The van der Waals surface area contributed by atoms with Crippen molar-refractivity contribution >= 4 is 23.2 Å². The van der Waals surface area contributed by atoms with Crippen molar-refractivity contribution in [1.29, 1.82) is 0 Å². The highest BCUT2D eigenvalue weighted by Crippen LogP contribution is 2.26. The molecule has 2 aromatic rings. The molecular weight excluding hydrogens is 324 g/mol. The van der Waals surface area contributed by atoms with E-state index in [1.54, 1.807) is 12.1 Å². The number of nitrogens with one attached hydrogen (secondary N) is 1. The number of rotatable bonds is 4. The number of hydrogen-bond acceptors (Lipinski definition) is 2. The average molecular weight is 340 g/mol. The molecule has 0 aromatic heterocycles. The van der Waals surface area contributed by atoms with Gasteiger partial charge < -0.3 is 10.1 Å². The monoisotopic (exact) mass is 339 g/mol. The molecule has 0 unspecified atom stereocenters. The summed E-state index contributed by atoms with van der Waals surface area (Å²) in [6, 6.07) is 6.37. The van der Waals surface area contributed by atoms with E-state index in [1.807, 2.05) is 13.8 Å². The van der Waals surface area contributed by atoms with E-state index in [2.05, 4.69) is 5.32 Å². The van der Waals surface area contributed by atoms with Gasteiger partial charge in [-0.25, -0.2) is 8.78 Å². The van der Waals surface area contributed by atoms with Gasteiger partial charge in [-0.2, -0.15) is 0 Å². The number of carbonyl (C=O) groups is 1. The largest absolute Gasteiger partial charge is 0.481 e.